The predicted octanol–water partition coefficient (Wildman–Crippen LogP) is 1.79. The molecule has 0 radical (unpaired) electrons. The fourth-order valence-electron chi connectivity index (χ4n) is 1.55. The predicted molar refractivity (Wildman–Crippen MR) is 65.0 cm³/mol. The molecule has 1 heterocycles. The summed E-state index contributed by atoms with van der Waals surface area (Å²) < 4.78 is 30.5. The van der Waals surface area contributed by atoms with Crippen molar-refractivity contribution in [2.24, 2.45) is 0 Å². The summed E-state index contributed by atoms with van der Waals surface area (Å²) in [5.74, 6) is -1.66. The van der Waals surface area contributed by atoms with Crippen molar-refractivity contribution in [3.63, 3.8) is 0 Å². The molecule has 0 bridgehead atoms. The van der Waals surface area contributed by atoms with E-state index >= 15 is 0 Å². The van der Waals surface area contributed by atoms with Crippen molar-refractivity contribution in [2.75, 3.05) is 13.1 Å². The highest BCUT2D eigenvalue weighted by Gasteiger charge is 2.27. The van der Waals surface area contributed by atoms with Gasteiger partial charge in [-0.3, -0.25) is 0 Å². The first-order chi connectivity index (χ1) is 8.43. The molecule has 7 heteroatoms. The van der Waals surface area contributed by atoms with E-state index in [0.717, 1.165) is 6.07 Å². The van der Waals surface area contributed by atoms with Crippen LogP contribution in [0.25, 0.3) is 0 Å². The zero-order chi connectivity index (χ0) is 13.8. The number of carboxylic acids is 1. The molecule has 1 rings (SSSR count). The van der Waals surface area contributed by atoms with E-state index in [0.29, 0.717) is 25.9 Å². The van der Waals surface area contributed by atoms with Crippen LogP contribution >= 0.6 is 0 Å². The maximum atomic E-state index is 12.2. The molecule has 18 heavy (non-hydrogen) atoms. The van der Waals surface area contributed by atoms with Crippen molar-refractivity contribution >= 4 is 16.0 Å². The van der Waals surface area contributed by atoms with Gasteiger partial charge in [0.1, 0.15) is 0 Å². The van der Waals surface area contributed by atoms with E-state index in [1.54, 1.807) is 0 Å². The van der Waals surface area contributed by atoms with E-state index in [2.05, 4.69) is 0 Å². The third-order valence-corrected chi connectivity index (χ3v) is 4.11. The molecule has 0 aliphatic carbocycles. The number of hydrogen-bond donors (Lipinski definition) is 1. The Morgan fingerprint density at radius 3 is 2.22 bits per heavy atom. The average Bonchev–Trinajstić information content (AvgIpc) is 2.78. The molecule has 0 saturated heterocycles. The smallest absolute Gasteiger partial charge is 0.371 e. The first-order valence-corrected chi connectivity index (χ1v) is 7.20. The van der Waals surface area contributed by atoms with Crippen LogP contribution in [0.3, 0.4) is 0 Å². The van der Waals surface area contributed by atoms with Crippen LogP contribution in [0.2, 0.25) is 0 Å². The number of sulfonamides is 1. The highest BCUT2D eigenvalue weighted by molar-refractivity contribution is 7.89. The van der Waals surface area contributed by atoms with Crippen LogP contribution in [0.4, 0.5) is 0 Å². The number of hydrogen-bond acceptors (Lipinski definition) is 4. The quantitative estimate of drug-likeness (QED) is 0.819. The van der Waals surface area contributed by atoms with E-state index in [4.69, 9.17) is 9.52 Å². The van der Waals surface area contributed by atoms with Crippen molar-refractivity contribution < 1.29 is 22.7 Å². The molecule has 0 atom stereocenters. The van der Waals surface area contributed by atoms with E-state index in [1.807, 2.05) is 13.8 Å². The van der Waals surface area contributed by atoms with E-state index in [-0.39, 0.29) is 10.9 Å². The molecular formula is C11H17NO5S. The lowest BCUT2D eigenvalue weighted by Crippen LogP contribution is -2.32. The normalized spacial score (nSPS) is 11.9. The van der Waals surface area contributed by atoms with Crippen molar-refractivity contribution in [3.8, 4) is 0 Å². The number of nitrogens with zero attached hydrogens (tertiary/aromatic N) is 1. The van der Waals surface area contributed by atoms with Crippen molar-refractivity contribution in [1.29, 1.82) is 0 Å². The molecule has 1 aromatic rings. The molecular weight excluding hydrogens is 258 g/mol. The molecule has 1 aromatic heterocycles. The molecule has 0 spiro atoms. The molecule has 102 valence electrons. The second kappa shape index (κ2) is 6.01. The van der Waals surface area contributed by atoms with Crippen molar-refractivity contribution in [2.45, 2.75) is 31.8 Å². The second-order valence-electron chi connectivity index (χ2n) is 3.83. The van der Waals surface area contributed by atoms with Gasteiger partial charge in [0.25, 0.3) is 10.0 Å². The van der Waals surface area contributed by atoms with Gasteiger partial charge in [0.05, 0.1) is 0 Å². The van der Waals surface area contributed by atoms with Gasteiger partial charge in [-0.15, -0.1) is 0 Å². The van der Waals surface area contributed by atoms with Crippen molar-refractivity contribution in [3.05, 3.63) is 17.9 Å². The molecule has 0 aromatic carbocycles. The summed E-state index contributed by atoms with van der Waals surface area (Å²) in [4.78, 5) is 10.7. The zero-order valence-corrected chi connectivity index (χ0v) is 11.2. The third-order valence-electron chi connectivity index (χ3n) is 2.33. The Hall–Kier alpha value is -1.34. The molecule has 0 aliphatic heterocycles. The molecule has 0 unspecified atom stereocenters. The van der Waals surface area contributed by atoms with Crippen molar-refractivity contribution in [1.82, 2.24) is 4.31 Å². The molecule has 0 amide bonds. The van der Waals surface area contributed by atoms with Gasteiger partial charge >= 0.3 is 5.97 Å². The van der Waals surface area contributed by atoms with Gasteiger partial charge in [0, 0.05) is 13.1 Å². The van der Waals surface area contributed by atoms with E-state index in [1.165, 1.54) is 10.4 Å². The Kier molecular flexibility index (Phi) is 4.92. The maximum absolute atomic E-state index is 12.2. The average molecular weight is 275 g/mol. The van der Waals surface area contributed by atoms with Crippen LogP contribution in [-0.2, 0) is 10.0 Å². The molecule has 6 nitrogen and oxygen atoms in total. The number of furan rings is 1. The highest BCUT2D eigenvalue weighted by Crippen LogP contribution is 2.19. The number of rotatable bonds is 7. The van der Waals surface area contributed by atoms with Gasteiger partial charge in [0.15, 0.2) is 0 Å². The van der Waals surface area contributed by atoms with Crippen LogP contribution < -0.4 is 0 Å². The Labute approximate surface area is 106 Å². The molecule has 0 fully saturated rings. The maximum Gasteiger partial charge on any atom is 0.371 e. The topological polar surface area (TPSA) is 87.8 Å². The highest BCUT2D eigenvalue weighted by atomic mass is 32.2. The Balaban J connectivity index is 3.05. The summed E-state index contributed by atoms with van der Waals surface area (Å²) in [5.41, 5.74) is 0. The summed E-state index contributed by atoms with van der Waals surface area (Å²) in [6, 6.07) is 2.32. The third kappa shape index (κ3) is 3.11. The number of carbonyl (C=O) groups is 1. The molecule has 0 saturated carbocycles. The number of aromatic carboxylic acids is 1. The molecule has 0 aliphatic rings. The van der Waals surface area contributed by atoms with Crippen LogP contribution in [0.5, 0.6) is 0 Å². The Bertz CT molecular complexity index is 499. The largest absolute Gasteiger partial charge is 0.475 e. The lowest BCUT2D eigenvalue weighted by molar-refractivity contribution is 0.0656. The summed E-state index contributed by atoms with van der Waals surface area (Å²) in [7, 11) is -3.73. The standard InChI is InChI=1S/C11H17NO5S/c1-3-7-12(8-4-2)18(15,16)10-6-5-9(17-10)11(13)14/h5-6H,3-4,7-8H2,1-2H3,(H,13,14). The minimum atomic E-state index is -3.73. The molecule has 1 N–H and O–H groups in total. The lowest BCUT2D eigenvalue weighted by Gasteiger charge is -2.19. The first kappa shape index (κ1) is 14.7. The minimum Gasteiger partial charge on any atom is -0.475 e. The van der Waals surface area contributed by atoms with E-state index < -0.39 is 16.0 Å². The van der Waals surface area contributed by atoms with Gasteiger partial charge < -0.3 is 9.52 Å². The number of carboxylic acid groups (broad SMARTS) is 1. The fourth-order valence-corrected chi connectivity index (χ4v) is 3.09. The SMILES string of the molecule is CCCN(CCC)S(=O)(=O)c1ccc(C(=O)O)o1. The van der Waals surface area contributed by atoms with Crippen LogP contribution in [-0.4, -0.2) is 36.9 Å². The van der Waals surface area contributed by atoms with Crippen LogP contribution in [0.15, 0.2) is 21.6 Å². The Morgan fingerprint density at radius 1 is 1.28 bits per heavy atom. The summed E-state index contributed by atoms with van der Waals surface area (Å²) in [6.45, 7) is 4.53. The van der Waals surface area contributed by atoms with Crippen LogP contribution in [0.1, 0.15) is 37.2 Å². The summed E-state index contributed by atoms with van der Waals surface area (Å²) in [5, 5.41) is 8.39. The first-order valence-electron chi connectivity index (χ1n) is 5.76. The van der Waals surface area contributed by atoms with E-state index in [9.17, 15) is 13.2 Å². The monoisotopic (exact) mass is 275 g/mol. The minimum absolute atomic E-state index is 0.318. The van der Waals surface area contributed by atoms with Gasteiger partial charge in [0.2, 0.25) is 10.9 Å². The summed E-state index contributed by atoms with van der Waals surface area (Å²) in [6.07, 6.45) is 1.37. The van der Waals surface area contributed by atoms with Gasteiger partial charge in [-0.25, -0.2) is 13.2 Å². The Morgan fingerprint density at radius 2 is 1.83 bits per heavy atom. The lowest BCUT2D eigenvalue weighted by atomic mass is 10.4. The fraction of sp³-hybridized carbons (Fsp3) is 0.545. The van der Waals surface area contributed by atoms with Gasteiger partial charge in [-0.05, 0) is 25.0 Å². The second-order valence-corrected chi connectivity index (χ2v) is 5.70. The van der Waals surface area contributed by atoms with Gasteiger partial charge in [-0.2, -0.15) is 4.31 Å². The summed E-state index contributed by atoms with van der Waals surface area (Å²) >= 11 is 0. The zero-order valence-electron chi connectivity index (χ0n) is 10.4. The van der Waals surface area contributed by atoms with Crippen LogP contribution in [0, 0.1) is 0 Å². The van der Waals surface area contributed by atoms with Gasteiger partial charge in [-0.1, -0.05) is 13.8 Å².